The van der Waals surface area contributed by atoms with Crippen LogP contribution in [0.5, 0.6) is 5.75 Å². The lowest BCUT2D eigenvalue weighted by atomic mass is 9.80. The second-order valence-electron chi connectivity index (χ2n) is 3.66. The topological polar surface area (TPSA) is 85.4 Å². The Balaban J connectivity index is 2.24. The van der Waals surface area contributed by atoms with Gasteiger partial charge in [0.25, 0.3) is 0 Å². The summed E-state index contributed by atoms with van der Waals surface area (Å²) in [7, 11) is -1.54. The molecule has 0 spiro atoms. The van der Waals surface area contributed by atoms with Crippen molar-refractivity contribution in [2.45, 2.75) is 0 Å². The van der Waals surface area contributed by atoms with Crippen LogP contribution >= 0.6 is 0 Å². The molecule has 0 radical (unpaired) electrons. The van der Waals surface area contributed by atoms with Crippen molar-refractivity contribution in [3.8, 4) is 5.75 Å². The van der Waals surface area contributed by atoms with Crippen LogP contribution in [0.1, 0.15) is 0 Å². The summed E-state index contributed by atoms with van der Waals surface area (Å²) < 4.78 is 0. The van der Waals surface area contributed by atoms with Crippen LogP contribution in [-0.2, 0) is 0 Å². The third kappa shape index (κ3) is 2.94. The van der Waals surface area contributed by atoms with E-state index in [-0.39, 0.29) is 5.75 Å². The molecular formula is C12H11BN2O3. The highest BCUT2D eigenvalue weighted by atomic mass is 16.4. The van der Waals surface area contributed by atoms with Crippen molar-refractivity contribution in [3.63, 3.8) is 0 Å². The zero-order chi connectivity index (χ0) is 13.0. The van der Waals surface area contributed by atoms with Gasteiger partial charge in [0.2, 0.25) is 0 Å². The predicted octanol–water partition coefficient (Wildman–Crippen LogP) is 1.49. The fourth-order valence-electron chi connectivity index (χ4n) is 1.41. The van der Waals surface area contributed by atoms with Gasteiger partial charge in [-0.05, 0) is 29.7 Å². The van der Waals surface area contributed by atoms with Gasteiger partial charge in [0.1, 0.15) is 11.4 Å². The van der Waals surface area contributed by atoms with Crippen molar-refractivity contribution in [2.24, 2.45) is 10.2 Å². The lowest BCUT2D eigenvalue weighted by Crippen LogP contribution is -2.29. The summed E-state index contributed by atoms with van der Waals surface area (Å²) in [5, 5.41) is 35.4. The largest absolute Gasteiger partial charge is 0.506 e. The first kappa shape index (κ1) is 12.3. The first-order valence-electron chi connectivity index (χ1n) is 5.32. The van der Waals surface area contributed by atoms with Gasteiger partial charge >= 0.3 is 7.12 Å². The average Bonchev–Trinajstić information content (AvgIpc) is 2.38. The van der Waals surface area contributed by atoms with Gasteiger partial charge in [-0.1, -0.05) is 24.3 Å². The molecule has 90 valence electrons. The maximum absolute atomic E-state index is 9.50. The van der Waals surface area contributed by atoms with Crippen molar-refractivity contribution in [2.75, 3.05) is 0 Å². The number of para-hydroxylation sites is 1. The van der Waals surface area contributed by atoms with Crippen LogP contribution in [0.3, 0.4) is 0 Å². The Hall–Kier alpha value is -2.18. The molecular weight excluding hydrogens is 231 g/mol. The van der Waals surface area contributed by atoms with Crippen molar-refractivity contribution in [3.05, 3.63) is 48.5 Å². The summed E-state index contributed by atoms with van der Waals surface area (Å²) >= 11 is 0. The Morgan fingerprint density at radius 3 is 2.39 bits per heavy atom. The summed E-state index contributed by atoms with van der Waals surface area (Å²) in [4.78, 5) is 0. The highest BCUT2D eigenvalue weighted by Gasteiger charge is 2.10. The summed E-state index contributed by atoms with van der Waals surface area (Å²) in [5.74, 6) is 0.0413. The Bertz CT molecular complexity index is 573. The number of hydrogen-bond acceptors (Lipinski definition) is 5. The zero-order valence-corrected chi connectivity index (χ0v) is 9.43. The maximum atomic E-state index is 9.50. The van der Waals surface area contributed by atoms with Gasteiger partial charge in [-0.3, -0.25) is 0 Å². The molecule has 5 nitrogen and oxygen atoms in total. The van der Waals surface area contributed by atoms with Crippen LogP contribution in [0.15, 0.2) is 58.8 Å². The molecule has 3 N–H and O–H groups in total. The van der Waals surface area contributed by atoms with Crippen LogP contribution in [0.25, 0.3) is 0 Å². The number of nitrogens with zero attached hydrogens (tertiary/aromatic N) is 2. The van der Waals surface area contributed by atoms with Gasteiger partial charge in [0.05, 0.1) is 5.69 Å². The van der Waals surface area contributed by atoms with Crippen LogP contribution in [0.2, 0.25) is 0 Å². The second-order valence-corrected chi connectivity index (χ2v) is 3.66. The first-order valence-corrected chi connectivity index (χ1v) is 5.32. The van der Waals surface area contributed by atoms with Gasteiger partial charge in [-0.15, -0.1) is 5.11 Å². The first-order chi connectivity index (χ1) is 8.66. The van der Waals surface area contributed by atoms with E-state index in [2.05, 4.69) is 10.2 Å². The fourth-order valence-corrected chi connectivity index (χ4v) is 1.41. The van der Waals surface area contributed by atoms with Gasteiger partial charge in [-0.25, -0.2) is 0 Å². The third-order valence-electron chi connectivity index (χ3n) is 2.32. The van der Waals surface area contributed by atoms with Gasteiger partial charge in [0, 0.05) is 0 Å². The fraction of sp³-hybridized carbons (Fsp3) is 0. The van der Waals surface area contributed by atoms with Crippen LogP contribution in [0, 0.1) is 0 Å². The molecule has 2 rings (SSSR count). The minimum atomic E-state index is -1.54. The molecule has 0 aliphatic carbocycles. The molecule has 6 heteroatoms. The SMILES string of the molecule is OB(O)c1cccc(/N=N/c2ccccc2O)c1. The van der Waals surface area contributed by atoms with Crippen molar-refractivity contribution in [1.29, 1.82) is 0 Å². The van der Waals surface area contributed by atoms with Crippen molar-refractivity contribution in [1.82, 2.24) is 0 Å². The molecule has 0 aromatic heterocycles. The number of azo groups is 1. The molecule has 0 heterocycles. The highest BCUT2D eigenvalue weighted by molar-refractivity contribution is 6.58. The van der Waals surface area contributed by atoms with E-state index in [9.17, 15) is 5.11 Å². The monoisotopic (exact) mass is 242 g/mol. The Kier molecular flexibility index (Phi) is 3.71. The predicted molar refractivity (Wildman–Crippen MR) is 68.6 cm³/mol. The van der Waals surface area contributed by atoms with E-state index in [1.54, 1.807) is 36.4 Å². The number of phenolic OH excluding ortho intramolecular Hbond substituents is 1. The number of aromatic hydroxyl groups is 1. The van der Waals surface area contributed by atoms with E-state index in [1.807, 2.05) is 0 Å². The zero-order valence-electron chi connectivity index (χ0n) is 9.43. The molecule has 0 saturated heterocycles. The highest BCUT2D eigenvalue weighted by Crippen LogP contribution is 2.26. The summed E-state index contributed by atoms with van der Waals surface area (Å²) in [6, 6.07) is 13.0. The van der Waals surface area contributed by atoms with Crippen LogP contribution in [0.4, 0.5) is 11.4 Å². The third-order valence-corrected chi connectivity index (χ3v) is 2.32. The second kappa shape index (κ2) is 5.44. The molecule has 2 aromatic carbocycles. The van der Waals surface area contributed by atoms with E-state index >= 15 is 0 Å². The molecule has 0 bridgehead atoms. The van der Waals surface area contributed by atoms with E-state index in [4.69, 9.17) is 10.0 Å². The molecule has 0 atom stereocenters. The van der Waals surface area contributed by atoms with Crippen molar-refractivity contribution < 1.29 is 15.2 Å². The minimum Gasteiger partial charge on any atom is -0.506 e. The molecule has 2 aromatic rings. The van der Waals surface area contributed by atoms with Gasteiger partial charge < -0.3 is 15.2 Å². The minimum absolute atomic E-state index is 0.0413. The quantitative estimate of drug-likeness (QED) is 0.562. The Morgan fingerprint density at radius 2 is 1.67 bits per heavy atom. The Labute approximate surface area is 104 Å². The lowest BCUT2D eigenvalue weighted by molar-refractivity contribution is 0.426. The number of rotatable bonds is 3. The van der Waals surface area contributed by atoms with Gasteiger partial charge in [0.15, 0.2) is 0 Å². The molecule has 0 aliphatic rings. The van der Waals surface area contributed by atoms with E-state index in [0.29, 0.717) is 16.8 Å². The molecule has 0 saturated carbocycles. The molecule has 0 unspecified atom stereocenters. The summed E-state index contributed by atoms with van der Waals surface area (Å²) in [5.41, 5.74) is 1.17. The van der Waals surface area contributed by atoms with E-state index in [1.165, 1.54) is 12.1 Å². The molecule has 0 fully saturated rings. The number of phenols is 1. The van der Waals surface area contributed by atoms with E-state index in [0.717, 1.165) is 0 Å². The van der Waals surface area contributed by atoms with Crippen LogP contribution < -0.4 is 5.46 Å². The molecule has 18 heavy (non-hydrogen) atoms. The number of benzene rings is 2. The summed E-state index contributed by atoms with van der Waals surface area (Å²) in [6.07, 6.45) is 0. The molecule has 0 aliphatic heterocycles. The summed E-state index contributed by atoms with van der Waals surface area (Å²) in [6.45, 7) is 0. The van der Waals surface area contributed by atoms with Crippen molar-refractivity contribution >= 4 is 24.0 Å². The maximum Gasteiger partial charge on any atom is 0.488 e. The average molecular weight is 242 g/mol. The standard InChI is InChI=1S/C12H11BN2O3/c16-12-7-2-1-6-11(12)15-14-10-5-3-4-9(8-10)13(17)18/h1-8,16-18H/b15-14+. The lowest BCUT2D eigenvalue weighted by Gasteiger charge is -2.00. The number of hydrogen-bond donors (Lipinski definition) is 3. The normalized spacial score (nSPS) is 10.8. The van der Waals surface area contributed by atoms with E-state index < -0.39 is 7.12 Å². The smallest absolute Gasteiger partial charge is 0.488 e. The van der Waals surface area contributed by atoms with Crippen LogP contribution in [-0.4, -0.2) is 22.3 Å². The van der Waals surface area contributed by atoms with Gasteiger partial charge in [-0.2, -0.15) is 5.11 Å². The molecule has 0 amide bonds. The Morgan fingerprint density at radius 1 is 0.889 bits per heavy atom.